The number of pyridine rings is 1. The highest BCUT2D eigenvalue weighted by Gasteiger charge is 2.21. The summed E-state index contributed by atoms with van der Waals surface area (Å²) in [5, 5.41) is 10.6. The molecule has 1 atom stereocenters. The van der Waals surface area contributed by atoms with Crippen LogP contribution in [0.5, 0.6) is 0 Å². The van der Waals surface area contributed by atoms with Gasteiger partial charge in [0, 0.05) is 12.3 Å². The average molecular weight is 240 g/mol. The van der Waals surface area contributed by atoms with Gasteiger partial charge in [0.15, 0.2) is 0 Å². The van der Waals surface area contributed by atoms with Gasteiger partial charge >= 0.3 is 17.2 Å². The lowest BCUT2D eigenvalue weighted by Crippen LogP contribution is -2.29. The molecule has 7 heteroatoms. The molecule has 0 aliphatic rings. The highest BCUT2D eigenvalue weighted by molar-refractivity contribution is 5.73. The maximum Gasteiger partial charge on any atom is 0.334 e. The molecule has 1 aromatic rings. The van der Waals surface area contributed by atoms with Crippen LogP contribution in [-0.2, 0) is 9.53 Å². The number of aromatic nitrogens is 1. The van der Waals surface area contributed by atoms with E-state index in [1.807, 2.05) is 0 Å². The minimum Gasteiger partial charge on any atom is -0.464 e. The van der Waals surface area contributed by atoms with E-state index in [1.165, 1.54) is 19.2 Å². The Hall–Kier alpha value is -2.18. The van der Waals surface area contributed by atoms with Gasteiger partial charge in [0.05, 0.1) is 11.5 Å². The van der Waals surface area contributed by atoms with Crippen LogP contribution in [-0.4, -0.2) is 22.1 Å². The van der Waals surface area contributed by atoms with Crippen molar-refractivity contribution in [2.45, 2.75) is 19.9 Å². The third kappa shape index (κ3) is 2.68. The maximum atomic E-state index is 11.7. The molecule has 0 saturated heterocycles. The van der Waals surface area contributed by atoms with E-state index in [9.17, 15) is 19.7 Å². The van der Waals surface area contributed by atoms with Crippen LogP contribution >= 0.6 is 0 Å². The van der Waals surface area contributed by atoms with Crippen LogP contribution in [0.15, 0.2) is 23.1 Å². The summed E-state index contributed by atoms with van der Waals surface area (Å²) < 4.78 is 5.73. The molecule has 0 aliphatic carbocycles. The van der Waals surface area contributed by atoms with Gasteiger partial charge < -0.3 is 4.74 Å². The number of esters is 1. The van der Waals surface area contributed by atoms with E-state index in [0.717, 1.165) is 10.6 Å². The summed E-state index contributed by atoms with van der Waals surface area (Å²) in [6.45, 7) is 3.27. The molecular weight excluding hydrogens is 228 g/mol. The van der Waals surface area contributed by atoms with Crippen molar-refractivity contribution < 1.29 is 14.5 Å². The van der Waals surface area contributed by atoms with Gasteiger partial charge in [-0.3, -0.25) is 19.5 Å². The number of carbonyl (C=O) groups excluding carboxylic acids is 1. The van der Waals surface area contributed by atoms with E-state index < -0.39 is 28.2 Å². The molecule has 0 fully saturated rings. The monoisotopic (exact) mass is 240 g/mol. The zero-order valence-corrected chi connectivity index (χ0v) is 9.45. The van der Waals surface area contributed by atoms with Crippen LogP contribution in [0.3, 0.4) is 0 Å². The van der Waals surface area contributed by atoms with Gasteiger partial charge in [-0.25, -0.2) is 4.79 Å². The zero-order valence-electron chi connectivity index (χ0n) is 9.45. The second-order valence-corrected chi connectivity index (χ2v) is 3.29. The fourth-order valence-corrected chi connectivity index (χ4v) is 1.32. The molecule has 1 rings (SSSR count). The number of carbonyl (C=O) groups is 1. The first-order valence-electron chi connectivity index (χ1n) is 5.01. The third-order valence-electron chi connectivity index (χ3n) is 2.20. The van der Waals surface area contributed by atoms with Crippen LogP contribution in [0, 0.1) is 10.1 Å². The van der Waals surface area contributed by atoms with Crippen molar-refractivity contribution >= 4 is 11.7 Å². The Morgan fingerprint density at radius 1 is 1.65 bits per heavy atom. The van der Waals surface area contributed by atoms with Gasteiger partial charge in [-0.05, 0) is 19.9 Å². The highest BCUT2D eigenvalue weighted by atomic mass is 16.6. The summed E-state index contributed by atoms with van der Waals surface area (Å²) in [6.07, 6.45) is 1.32. The smallest absolute Gasteiger partial charge is 0.334 e. The van der Waals surface area contributed by atoms with E-state index >= 15 is 0 Å². The third-order valence-corrected chi connectivity index (χ3v) is 2.20. The Balaban J connectivity index is 3.15. The summed E-state index contributed by atoms with van der Waals surface area (Å²) in [4.78, 5) is 32.9. The predicted molar refractivity (Wildman–Crippen MR) is 58.7 cm³/mol. The van der Waals surface area contributed by atoms with Crippen molar-refractivity contribution in [3.63, 3.8) is 0 Å². The molecule has 92 valence electrons. The summed E-state index contributed by atoms with van der Waals surface area (Å²) in [5.41, 5.74) is -1.39. The van der Waals surface area contributed by atoms with E-state index in [-0.39, 0.29) is 6.61 Å². The first kappa shape index (κ1) is 12.9. The molecule has 1 aromatic heterocycles. The second kappa shape index (κ2) is 5.24. The van der Waals surface area contributed by atoms with Gasteiger partial charge in [-0.15, -0.1) is 0 Å². The number of hydrogen-bond donors (Lipinski definition) is 0. The average Bonchev–Trinajstić information content (AvgIpc) is 2.28. The second-order valence-electron chi connectivity index (χ2n) is 3.29. The zero-order chi connectivity index (χ0) is 13.0. The van der Waals surface area contributed by atoms with Crippen LogP contribution in [0.1, 0.15) is 19.9 Å². The number of hydrogen-bond acceptors (Lipinski definition) is 5. The van der Waals surface area contributed by atoms with Crippen LogP contribution in [0.25, 0.3) is 0 Å². The summed E-state index contributed by atoms with van der Waals surface area (Å²) in [5.74, 6) is -0.602. The van der Waals surface area contributed by atoms with Gasteiger partial charge in [-0.1, -0.05) is 0 Å². The summed E-state index contributed by atoms with van der Waals surface area (Å²) in [6, 6.07) is 1.55. The molecular formula is C10H12N2O5. The topological polar surface area (TPSA) is 91.4 Å². The molecule has 0 amide bonds. The Morgan fingerprint density at radius 2 is 2.29 bits per heavy atom. The lowest BCUT2D eigenvalue weighted by Gasteiger charge is -2.12. The summed E-state index contributed by atoms with van der Waals surface area (Å²) >= 11 is 0. The normalized spacial score (nSPS) is 11.9. The Morgan fingerprint density at radius 3 is 2.82 bits per heavy atom. The standard InChI is InChI=1S/C10H12N2O5/c1-3-17-10(14)7(2)11-6-4-5-8(9(11)13)12(15)16/h4-7H,3H2,1-2H3/t7-/m0/s1. The number of ether oxygens (including phenoxy) is 1. The van der Waals surface area contributed by atoms with Crippen LogP contribution in [0.4, 0.5) is 5.69 Å². The minimum absolute atomic E-state index is 0.187. The van der Waals surface area contributed by atoms with E-state index in [4.69, 9.17) is 4.74 Å². The van der Waals surface area contributed by atoms with Gasteiger partial charge in [0.1, 0.15) is 6.04 Å². The minimum atomic E-state index is -0.887. The molecule has 17 heavy (non-hydrogen) atoms. The fraction of sp³-hybridized carbons (Fsp3) is 0.400. The van der Waals surface area contributed by atoms with Crippen LogP contribution < -0.4 is 5.56 Å². The number of rotatable bonds is 4. The molecule has 0 bridgehead atoms. The van der Waals surface area contributed by atoms with Gasteiger partial charge in [-0.2, -0.15) is 0 Å². The molecule has 1 heterocycles. The lowest BCUT2D eigenvalue weighted by atomic mass is 10.3. The number of nitrogens with zero attached hydrogens (tertiary/aromatic N) is 2. The van der Waals surface area contributed by atoms with E-state index in [1.54, 1.807) is 6.92 Å². The van der Waals surface area contributed by atoms with Crippen molar-refractivity contribution in [2.24, 2.45) is 0 Å². The lowest BCUT2D eigenvalue weighted by molar-refractivity contribution is -0.386. The first-order valence-corrected chi connectivity index (χ1v) is 5.01. The van der Waals surface area contributed by atoms with Crippen molar-refractivity contribution in [3.8, 4) is 0 Å². The summed E-state index contributed by atoms with van der Waals surface area (Å²) in [7, 11) is 0. The molecule has 0 unspecified atom stereocenters. The van der Waals surface area contributed by atoms with Crippen LogP contribution in [0.2, 0.25) is 0 Å². The molecule has 0 N–H and O–H groups in total. The van der Waals surface area contributed by atoms with E-state index in [2.05, 4.69) is 0 Å². The van der Waals surface area contributed by atoms with Crippen molar-refractivity contribution in [3.05, 3.63) is 38.8 Å². The van der Waals surface area contributed by atoms with Gasteiger partial charge in [0.25, 0.3) is 0 Å². The molecule has 0 aliphatic heterocycles. The Labute approximate surface area is 96.8 Å². The maximum absolute atomic E-state index is 11.7. The Bertz CT molecular complexity index is 494. The van der Waals surface area contributed by atoms with Crippen molar-refractivity contribution in [1.29, 1.82) is 0 Å². The molecule has 0 radical (unpaired) electrons. The molecule has 7 nitrogen and oxygen atoms in total. The number of nitro groups is 1. The van der Waals surface area contributed by atoms with Crippen molar-refractivity contribution in [2.75, 3.05) is 6.61 Å². The first-order chi connectivity index (χ1) is 7.99. The largest absolute Gasteiger partial charge is 0.464 e. The SMILES string of the molecule is CCOC(=O)[C@H](C)n1cccc([N+](=O)[O-])c1=O. The fourth-order valence-electron chi connectivity index (χ4n) is 1.32. The molecule has 0 spiro atoms. The van der Waals surface area contributed by atoms with Crippen molar-refractivity contribution in [1.82, 2.24) is 4.57 Å². The molecule has 0 aromatic carbocycles. The Kier molecular flexibility index (Phi) is 3.97. The quantitative estimate of drug-likeness (QED) is 0.442. The predicted octanol–water partition coefficient (Wildman–Crippen LogP) is 0.881. The van der Waals surface area contributed by atoms with Gasteiger partial charge in [0.2, 0.25) is 0 Å². The highest BCUT2D eigenvalue weighted by Crippen LogP contribution is 2.08. The van der Waals surface area contributed by atoms with E-state index in [0.29, 0.717) is 0 Å². The molecule has 0 saturated carbocycles.